The van der Waals surface area contributed by atoms with Crippen molar-refractivity contribution in [3.8, 4) is 17.0 Å². The van der Waals surface area contributed by atoms with E-state index in [1.165, 1.54) is 32.5 Å². The van der Waals surface area contributed by atoms with Gasteiger partial charge in [-0.15, -0.1) is 6.58 Å². The Morgan fingerprint density at radius 2 is 2.08 bits per heavy atom. The van der Waals surface area contributed by atoms with Crippen LogP contribution in [-0.2, 0) is 14.8 Å². The minimum atomic E-state index is -3.81. The molecule has 26 heavy (non-hydrogen) atoms. The second kappa shape index (κ2) is 8.54. The first-order valence-electron chi connectivity index (χ1n) is 7.76. The first-order chi connectivity index (χ1) is 12.4. The topological polar surface area (TPSA) is 110 Å². The number of nitrogens with zero attached hydrogens (tertiary/aromatic N) is 2. The molecule has 0 bridgehead atoms. The van der Waals surface area contributed by atoms with Crippen LogP contribution in [0, 0.1) is 0 Å². The SMILES string of the molecule is C=CCCNS(=O)(=O)c1cc(-c2ccnc(NC(C)=O)c2)cnc1OC. The normalized spacial score (nSPS) is 11.0. The number of methoxy groups -OCH3 is 1. The van der Waals surface area contributed by atoms with Gasteiger partial charge in [-0.3, -0.25) is 4.79 Å². The van der Waals surface area contributed by atoms with Crippen molar-refractivity contribution >= 4 is 21.7 Å². The number of hydrogen-bond donors (Lipinski definition) is 2. The Labute approximate surface area is 152 Å². The Morgan fingerprint density at radius 1 is 1.31 bits per heavy atom. The van der Waals surface area contributed by atoms with Crippen molar-refractivity contribution in [2.24, 2.45) is 0 Å². The molecule has 2 N–H and O–H groups in total. The highest BCUT2D eigenvalue weighted by atomic mass is 32.2. The molecule has 0 aliphatic rings. The number of carbonyl (C=O) groups is 1. The lowest BCUT2D eigenvalue weighted by atomic mass is 10.1. The molecule has 0 saturated heterocycles. The minimum absolute atomic E-state index is 0.00371. The second-order valence-electron chi connectivity index (χ2n) is 5.32. The van der Waals surface area contributed by atoms with Crippen molar-refractivity contribution in [1.29, 1.82) is 0 Å². The lowest BCUT2D eigenvalue weighted by Crippen LogP contribution is -2.25. The summed E-state index contributed by atoms with van der Waals surface area (Å²) >= 11 is 0. The molecule has 0 aliphatic carbocycles. The number of pyridine rings is 2. The molecule has 2 rings (SSSR count). The van der Waals surface area contributed by atoms with Crippen LogP contribution in [0.5, 0.6) is 5.88 Å². The van der Waals surface area contributed by atoms with E-state index < -0.39 is 10.0 Å². The number of carbonyl (C=O) groups excluding carboxylic acids is 1. The maximum absolute atomic E-state index is 12.5. The van der Waals surface area contributed by atoms with Crippen LogP contribution in [-0.4, -0.2) is 37.9 Å². The smallest absolute Gasteiger partial charge is 0.245 e. The van der Waals surface area contributed by atoms with Crippen LogP contribution < -0.4 is 14.8 Å². The van der Waals surface area contributed by atoms with E-state index in [0.29, 0.717) is 23.4 Å². The Kier molecular flexibility index (Phi) is 6.42. The standard InChI is InChI=1S/C17H20N4O4S/c1-4-5-7-20-26(23,24)15-9-14(11-19-17(15)25-3)13-6-8-18-16(10-13)21-12(2)22/h4,6,8-11,20H,1,5,7H2,2-3H3,(H,18,21,22). The Morgan fingerprint density at radius 3 is 2.73 bits per heavy atom. The van der Waals surface area contributed by atoms with E-state index in [2.05, 4.69) is 26.6 Å². The molecule has 9 heteroatoms. The summed E-state index contributed by atoms with van der Waals surface area (Å²) in [6.07, 6.45) is 5.13. The summed E-state index contributed by atoms with van der Waals surface area (Å²) in [6.45, 7) is 5.16. The monoisotopic (exact) mass is 376 g/mol. The zero-order chi connectivity index (χ0) is 19.2. The van der Waals surface area contributed by atoms with Gasteiger partial charge < -0.3 is 10.1 Å². The Hall–Kier alpha value is -2.78. The number of anilines is 1. The molecule has 0 aromatic carbocycles. The number of rotatable bonds is 8. The third-order valence-corrected chi connectivity index (χ3v) is 4.79. The van der Waals surface area contributed by atoms with Crippen molar-refractivity contribution in [2.45, 2.75) is 18.2 Å². The number of sulfonamides is 1. The molecule has 0 fully saturated rings. The molecule has 2 heterocycles. The fourth-order valence-corrected chi connectivity index (χ4v) is 3.36. The van der Waals surface area contributed by atoms with Gasteiger partial charge in [-0.25, -0.2) is 23.1 Å². The van der Waals surface area contributed by atoms with E-state index in [-0.39, 0.29) is 23.2 Å². The van der Waals surface area contributed by atoms with Crippen LogP contribution >= 0.6 is 0 Å². The summed E-state index contributed by atoms with van der Waals surface area (Å²) < 4.78 is 32.7. The zero-order valence-electron chi connectivity index (χ0n) is 14.5. The number of ether oxygens (including phenoxy) is 1. The van der Waals surface area contributed by atoms with Gasteiger partial charge in [0.2, 0.25) is 21.8 Å². The lowest BCUT2D eigenvalue weighted by Gasteiger charge is -2.12. The van der Waals surface area contributed by atoms with Gasteiger partial charge in [-0.05, 0) is 30.2 Å². The summed E-state index contributed by atoms with van der Waals surface area (Å²) in [5.41, 5.74) is 1.20. The largest absolute Gasteiger partial charge is 0.480 e. The van der Waals surface area contributed by atoms with Crippen LogP contribution in [0.2, 0.25) is 0 Å². The number of nitrogens with one attached hydrogen (secondary N) is 2. The minimum Gasteiger partial charge on any atom is -0.480 e. The third-order valence-electron chi connectivity index (χ3n) is 3.34. The van der Waals surface area contributed by atoms with Gasteiger partial charge >= 0.3 is 0 Å². The highest BCUT2D eigenvalue weighted by Crippen LogP contribution is 2.28. The van der Waals surface area contributed by atoms with E-state index in [1.807, 2.05) is 0 Å². The summed E-state index contributed by atoms with van der Waals surface area (Å²) in [6, 6.07) is 4.79. The van der Waals surface area contributed by atoms with Crippen LogP contribution in [0.4, 0.5) is 5.82 Å². The number of hydrogen-bond acceptors (Lipinski definition) is 6. The van der Waals surface area contributed by atoms with Crippen molar-refractivity contribution in [3.05, 3.63) is 43.2 Å². The molecule has 0 atom stereocenters. The highest BCUT2D eigenvalue weighted by Gasteiger charge is 2.21. The maximum atomic E-state index is 12.5. The molecule has 0 spiro atoms. The van der Waals surface area contributed by atoms with Gasteiger partial charge in [0, 0.05) is 31.4 Å². The third kappa shape index (κ3) is 4.87. The molecule has 1 amide bonds. The number of aromatic nitrogens is 2. The Balaban J connectivity index is 2.43. The molecule has 0 unspecified atom stereocenters. The van der Waals surface area contributed by atoms with E-state index in [0.717, 1.165) is 0 Å². The van der Waals surface area contributed by atoms with E-state index in [4.69, 9.17) is 4.74 Å². The highest BCUT2D eigenvalue weighted by molar-refractivity contribution is 7.89. The van der Waals surface area contributed by atoms with E-state index >= 15 is 0 Å². The molecular weight excluding hydrogens is 356 g/mol. The maximum Gasteiger partial charge on any atom is 0.245 e. The van der Waals surface area contributed by atoms with Gasteiger partial charge in [-0.1, -0.05) is 6.08 Å². The average molecular weight is 376 g/mol. The zero-order valence-corrected chi connectivity index (χ0v) is 15.3. The fourth-order valence-electron chi connectivity index (χ4n) is 2.17. The van der Waals surface area contributed by atoms with E-state index in [1.54, 1.807) is 18.2 Å². The molecule has 2 aromatic heterocycles. The van der Waals surface area contributed by atoms with Crippen molar-refractivity contribution < 1.29 is 17.9 Å². The van der Waals surface area contributed by atoms with Crippen LogP contribution in [0.15, 0.2) is 48.1 Å². The van der Waals surface area contributed by atoms with Gasteiger partial charge in [0.1, 0.15) is 10.7 Å². The Bertz CT molecular complexity index is 913. The molecular formula is C17H20N4O4S. The summed E-state index contributed by atoms with van der Waals surface area (Å²) in [7, 11) is -2.45. The van der Waals surface area contributed by atoms with Crippen molar-refractivity contribution in [1.82, 2.24) is 14.7 Å². The lowest BCUT2D eigenvalue weighted by molar-refractivity contribution is -0.114. The predicted octanol–water partition coefficient (Wildman–Crippen LogP) is 1.96. The predicted molar refractivity (Wildman–Crippen MR) is 98.3 cm³/mol. The van der Waals surface area contributed by atoms with Crippen LogP contribution in [0.1, 0.15) is 13.3 Å². The number of amides is 1. The van der Waals surface area contributed by atoms with Crippen molar-refractivity contribution in [2.75, 3.05) is 19.0 Å². The summed E-state index contributed by atoms with van der Waals surface area (Å²) in [4.78, 5) is 19.2. The fraction of sp³-hybridized carbons (Fsp3) is 0.235. The average Bonchev–Trinajstić information content (AvgIpc) is 2.61. The molecule has 8 nitrogen and oxygen atoms in total. The van der Waals surface area contributed by atoms with E-state index in [9.17, 15) is 13.2 Å². The molecule has 2 aromatic rings. The summed E-state index contributed by atoms with van der Waals surface area (Å²) in [5.74, 6) is 0.104. The van der Waals surface area contributed by atoms with Crippen LogP contribution in [0.25, 0.3) is 11.1 Å². The van der Waals surface area contributed by atoms with Crippen LogP contribution in [0.3, 0.4) is 0 Å². The molecule has 0 saturated carbocycles. The van der Waals surface area contributed by atoms with Crippen molar-refractivity contribution in [3.63, 3.8) is 0 Å². The van der Waals surface area contributed by atoms with Gasteiger partial charge in [0.05, 0.1) is 7.11 Å². The second-order valence-corrected chi connectivity index (χ2v) is 7.05. The van der Waals surface area contributed by atoms with Gasteiger partial charge in [0.25, 0.3) is 0 Å². The van der Waals surface area contributed by atoms with Gasteiger partial charge in [-0.2, -0.15) is 0 Å². The molecule has 0 aliphatic heterocycles. The molecule has 0 radical (unpaired) electrons. The van der Waals surface area contributed by atoms with Gasteiger partial charge in [0.15, 0.2) is 0 Å². The first kappa shape index (κ1) is 19.5. The quantitative estimate of drug-likeness (QED) is 0.538. The summed E-state index contributed by atoms with van der Waals surface area (Å²) in [5, 5.41) is 2.58. The first-order valence-corrected chi connectivity index (χ1v) is 9.24. The molecule has 138 valence electrons.